The lowest BCUT2D eigenvalue weighted by Crippen LogP contribution is -2.33. The van der Waals surface area contributed by atoms with Crippen LogP contribution in [0.25, 0.3) is 0 Å². The van der Waals surface area contributed by atoms with E-state index in [9.17, 15) is 4.79 Å². The predicted octanol–water partition coefficient (Wildman–Crippen LogP) is 2.55. The summed E-state index contributed by atoms with van der Waals surface area (Å²) in [6.45, 7) is 6.94. The molecule has 0 radical (unpaired) electrons. The molecule has 1 aromatic rings. The van der Waals surface area contributed by atoms with Crippen LogP contribution in [0.1, 0.15) is 29.5 Å². The second kappa shape index (κ2) is 4.73. The maximum Gasteiger partial charge on any atom is 0.231 e. The average Bonchev–Trinajstić information content (AvgIpc) is 3.04. The van der Waals surface area contributed by atoms with Gasteiger partial charge in [-0.05, 0) is 51.8 Å². The van der Waals surface area contributed by atoms with Gasteiger partial charge in [0.1, 0.15) is 0 Å². The zero-order valence-corrected chi connectivity index (χ0v) is 11.7. The second-order valence-electron chi connectivity index (χ2n) is 5.54. The number of hydrogen-bond donors (Lipinski definition) is 2. The molecule has 0 atom stereocenters. The number of aryl methyl sites for hydroxylation is 3. The summed E-state index contributed by atoms with van der Waals surface area (Å²) < 4.78 is 0. The van der Waals surface area contributed by atoms with Gasteiger partial charge in [-0.1, -0.05) is 17.7 Å². The van der Waals surface area contributed by atoms with Gasteiger partial charge in [0.15, 0.2) is 0 Å². The fourth-order valence-electron chi connectivity index (χ4n) is 2.60. The molecule has 0 spiro atoms. The minimum absolute atomic E-state index is 0.159. The lowest BCUT2D eigenvalue weighted by molar-refractivity contribution is -0.121. The van der Waals surface area contributed by atoms with E-state index in [1.54, 1.807) is 0 Å². The molecule has 1 aliphatic carbocycles. The van der Waals surface area contributed by atoms with Crippen LogP contribution in [0.15, 0.2) is 12.1 Å². The fraction of sp³-hybridized carbons (Fsp3) is 0.533. The van der Waals surface area contributed by atoms with Crippen molar-refractivity contribution in [2.45, 2.75) is 33.6 Å². The van der Waals surface area contributed by atoms with Crippen LogP contribution in [-0.4, -0.2) is 19.5 Å². The molecule has 0 aromatic heterocycles. The molecule has 0 aliphatic heterocycles. The van der Waals surface area contributed by atoms with Gasteiger partial charge in [-0.3, -0.25) is 4.79 Å². The largest absolute Gasteiger partial charge is 0.325 e. The van der Waals surface area contributed by atoms with Gasteiger partial charge in [0.2, 0.25) is 5.91 Å². The van der Waals surface area contributed by atoms with Crippen LogP contribution in [-0.2, 0) is 4.79 Å². The van der Waals surface area contributed by atoms with Crippen LogP contribution < -0.4 is 10.6 Å². The van der Waals surface area contributed by atoms with Crippen LogP contribution in [0.4, 0.5) is 5.69 Å². The normalized spacial score (nSPS) is 16.4. The van der Waals surface area contributed by atoms with Crippen molar-refractivity contribution >= 4 is 11.6 Å². The maximum absolute atomic E-state index is 12.3. The Morgan fingerprint density at radius 1 is 1.22 bits per heavy atom. The Morgan fingerprint density at radius 2 is 1.78 bits per heavy atom. The van der Waals surface area contributed by atoms with E-state index >= 15 is 0 Å². The zero-order valence-electron chi connectivity index (χ0n) is 11.7. The highest BCUT2D eigenvalue weighted by Crippen LogP contribution is 2.46. The predicted molar refractivity (Wildman–Crippen MR) is 74.9 cm³/mol. The van der Waals surface area contributed by atoms with Gasteiger partial charge >= 0.3 is 0 Å². The molecule has 18 heavy (non-hydrogen) atoms. The molecule has 0 unspecified atom stereocenters. The first-order valence-corrected chi connectivity index (χ1v) is 6.52. The van der Waals surface area contributed by atoms with E-state index in [1.165, 1.54) is 5.56 Å². The Morgan fingerprint density at radius 3 is 2.22 bits per heavy atom. The first-order valence-electron chi connectivity index (χ1n) is 6.52. The van der Waals surface area contributed by atoms with Gasteiger partial charge < -0.3 is 10.6 Å². The summed E-state index contributed by atoms with van der Waals surface area (Å²) in [5.74, 6) is 0.159. The summed E-state index contributed by atoms with van der Waals surface area (Å²) in [4.78, 5) is 12.3. The van der Waals surface area contributed by atoms with Crippen molar-refractivity contribution < 1.29 is 4.79 Å². The summed E-state index contributed by atoms with van der Waals surface area (Å²) in [5, 5.41) is 6.23. The maximum atomic E-state index is 12.3. The summed E-state index contributed by atoms with van der Waals surface area (Å²) in [5.41, 5.74) is 4.33. The number of anilines is 1. The van der Waals surface area contributed by atoms with Crippen LogP contribution in [0, 0.1) is 26.2 Å². The number of benzene rings is 1. The average molecular weight is 246 g/mol. The van der Waals surface area contributed by atoms with Crippen molar-refractivity contribution in [3.05, 3.63) is 28.8 Å². The van der Waals surface area contributed by atoms with E-state index in [2.05, 4.69) is 29.7 Å². The van der Waals surface area contributed by atoms with Crippen molar-refractivity contribution in [1.29, 1.82) is 0 Å². The van der Waals surface area contributed by atoms with E-state index in [4.69, 9.17) is 0 Å². The van der Waals surface area contributed by atoms with Crippen LogP contribution in [0.5, 0.6) is 0 Å². The minimum atomic E-state index is -0.168. The third kappa shape index (κ3) is 2.41. The number of hydrogen-bond acceptors (Lipinski definition) is 2. The van der Waals surface area contributed by atoms with E-state index in [-0.39, 0.29) is 11.3 Å². The van der Waals surface area contributed by atoms with E-state index < -0.39 is 0 Å². The molecule has 0 heterocycles. The van der Waals surface area contributed by atoms with Gasteiger partial charge in [-0.25, -0.2) is 0 Å². The van der Waals surface area contributed by atoms with E-state index in [0.717, 1.165) is 36.2 Å². The first kappa shape index (κ1) is 13.1. The number of amides is 1. The topological polar surface area (TPSA) is 41.1 Å². The van der Waals surface area contributed by atoms with Crippen molar-refractivity contribution in [3.63, 3.8) is 0 Å². The van der Waals surface area contributed by atoms with Crippen molar-refractivity contribution in [3.8, 4) is 0 Å². The standard InChI is InChI=1S/C15H22N2O/c1-10-7-11(2)13(12(3)8-10)17-14(18)15(5-6-15)9-16-4/h7-8,16H,5-6,9H2,1-4H3,(H,17,18). The number of nitrogens with one attached hydrogen (secondary N) is 2. The molecule has 1 aromatic carbocycles. The summed E-state index contributed by atoms with van der Waals surface area (Å²) in [6.07, 6.45) is 1.98. The molecule has 2 rings (SSSR count). The number of rotatable bonds is 4. The molecular formula is C15H22N2O. The Balaban J connectivity index is 2.17. The molecule has 2 N–H and O–H groups in total. The highest BCUT2D eigenvalue weighted by Gasteiger charge is 2.49. The first-order chi connectivity index (χ1) is 8.48. The van der Waals surface area contributed by atoms with E-state index in [1.807, 2.05) is 20.9 Å². The molecule has 0 bridgehead atoms. The monoisotopic (exact) mass is 246 g/mol. The Bertz CT molecular complexity index is 452. The van der Waals surface area contributed by atoms with Gasteiger partial charge in [0, 0.05) is 12.2 Å². The quantitative estimate of drug-likeness (QED) is 0.857. The van der Waals surface area contributed by atoms with Gasteiger partial charge in [0.25, 0.3) is 0 Å². The third-order valence-electron chi connectivity index (χ3n) is 3.77. The molecule has 1 amide bonds. The van der Waals surface area contributed by atoms with Crippen molar-refractivity contribution in [2.75, 3.05) is 18.9 Å². The molecule has 1 saturated carbocycles. The number of carbonyl (C=O) groups excluding carboxylic acids is 1. The second-order valence-corrected chi connectivity index (χ2v) is 5.54. The van der Waals surface area contributed by atoms with Crippen LogP contribution >= 0.6 is 0 Å². The van der Waals surface area contributed by atoms with Gasteiger partial charge in [-0.2, -0.15) is 0 Å². The Hall–Kier alpha value is -1.35. The minimum Gasteiger partial charge on any atom is -0.325 e. The molecular weight excluding hydrogens is 224 g/mol. The highest BCUT2D eigenvalue weighted by atomic mass is 16.2. The van der Waals surface area contributed by atoms with Gasteiger partial charge in [0.05, 0.1) is 5.41 Å². The van der Waals surface area contributed by atoms with Crippen LogP contribution in [0.3, 0.4) is 0 Å². The van der Waals surface area contributed by atoms with Crippen molar-refractivity contribution in [2.24, 2.45) is 5.41 Å². The summed E-state index contributed by atoms with van der Waals surface area (Å²) in [6, 6.07) is 4.22. The Kier molecular flexibility index (Phi) is 3.44. The van der Waals surface area contributed by atoms with Crippen LogP contribution in [0.2, 0.25) is 0 Å². The lowest BCUT2D eigenvalue weighted by atomic mass is 10.0. The fourth-order valence-corrected chi connectivity index (χ4v) is 2.60. The zero-order chi connectivity index (χ0) is 13.3. The van der Waals surface area contributed by atoms with Crippen molar-refractivity contribution in [1.82, 2.24) is 5.32 Å². The summed E-state index contributed by atoms with van der Waals surface area (Å²) >= 11 is 0. The molecule has 1 aliphatic rings. The number of carbonyl (C=O) groups is 1. The Labute approximate surface area is 109 Å². The van der Waals surface area contributed by atoms with Gasteiger partial charge in [-0.15, -0.1) is 0 Å². The molecule has 0 saturated heterocycles. The van der Waals surface area contributed by atoms with E-state index in [0.29, 0.717) is 0 Å². The lowest BCUT2D eigenvalue weighted by Gasteiger charge is -2.18. The molecule has 98 valence electrons. The molecule has 3 nitrogen and oxygen atoms in total. The SMILES string of the molecule is CNCC1(C(=O)Nc2c(C)cc(C)cc2C)CC1. The molecule has 1 fully saturated rings. The highest BCUT2D eigenvalue weighted by molar-refractivity contribution is 5.98. The third-order valence-corrected chi connectivity index (χ3v) is 3.77. The molecule has 3 heteroatoms. The smallest absolute Gasteiger partial charge is 0.231 e. The summed E-state index contributed by atoms with van der Waals surface area (Å²) in [7, 11) is 1.90.